The summed E-state index contributed by atoms with van der Waals surface area (Å²) >= 11 is 1.64. The molecule has 1 N–H and O–H groups in total. The summed E-state index contributed by atoms with van der Waals surface area (Å²) < 4.78 is 7.61. The van der Waals surface area contributed by atoms with E-state index in [1.807, 2.05) is 21.7 Å². The van der Waals surface area contributed by atoms with Crippen LogP contribution in [0.3, 0.4) is 0 Å². The Balaban J connectivity index is 0.00000784. The van der Waals surface area contributed by atoms with E-state index in [-0.39, 0.29) is 24.0 Å². The van der Waals surface area contributed by atoms with E-state index in [2.05, 4.69) is 6.92 Å². The van der Waals surface area contributed by atoms with Crippen LogP contribution in [0.15, 0.2) is 17.1 Å². The van der Waals surface area contributed by atoms with E-state index in [9.17, 15) is 5.11 Å². The lowest BCUT2D eigenvalue weighted by atomic mass is 10.0. The predicted octanol–water partition coefficient (Wildman–Crippen LogP) is 3.68. The molecular weight excluding hydrogens is 493 g/mol. The third-order valence-electron chi connectivity index (χ3n) is 5.40. The van der Waals surface area contributed by atoms with Crippen molar-refractivity contribution in [1.29, 1.82) is 0 Å². The number of thiazole rings is 1. The summed E-state index contributed by atoms with van der Waals surface area (Å²) in [5, 5.41) is 11.9. The lowest BCUT2D eigenvalue weighted by Crippen LogP contribution is -3.00. The van der Waals surface area contributed by atoms with Gasteiger partial charge in [-0.1, -0.05) is 115 Å². The van der Waals surface area contributed by atoms with E-state index in [1.165, 1.54) is 96.3 Å². The Kier molecular flexibility index (Phi) is 23.2. The van der Waals surface area contributed by atoms with Crippen LogP contribution in [0, 0.1) is 0 Å². The number of aliphatic hydroxyl groups excluding tert-OH is 1. The molecule has 0 aliphatic carbocycles. The first-order chi connectivity index (χ1) is 13.8. The fourth-order valence-electron chi connectivity index (χ4n) is 3.63. The SMILES string of the molecule is CCCCCCCCCCCCCCCCCCOCC(O)C[n+]1ccsc1.[I-]. The van der Waals surface area contributed by atoms with Crippen LogP contribution in [-0.4, -0.2) is 24.4 Å². The number of nitrogens with zero attached hydrogens (tertiary/aromatic N) is 1. The molecule has 0 fully saturated rings. The number of rotatable bonds is 21. The van der Waals surface area contributed by atoms with Gasteiger partial charge in [0.15, 0.2) is 12.7 Å². The highest BCUT2D eigenvalue weighted by Gasteiger charge is 2.10. The third-order valence-corrected chi connectivity index (χ3v) is 6.07. The molecule has 1 atom stereocenters. The Bertz CT molecular complexity index is 417. The molecule has 0 amide bonds. The maximum absolute atomic E-state index is 9.91. The maximum atomic E-state index is 9.91. The molecule has 0 saturated carbocycles. The van der Waals surface area contributed by atoms with Crippen molar-refractivity contribution in [2.75, 3.05) is 13.2 Å². The molecule has 1 heterocycles. The van der Waals surface area contributed by atoms with Crippen LogP contribution in [0.1, 0.15) is 110 Å². The van der Waals surface area contributed by atoms with Crippen LogP contribution >= 0.6 is 11.3 Å². The molecule has 0 aromatic carbocycles. The smallest absolute Gasteiger partial charge is 0.224 e. The van der Waals surface area contributed by atoms with E-state index in [0.717, 1.165) is 13.0 Å². The molecule has 5 heteroatoms. The fraction of sp³-hybridized carbons (Fsp3) is 0.875. The van der Waals surface area contributed by atoms with Crippen LogP contribution in [0.2, 0.25) is 0 Å². The zero-order chi connectivity index (χ0) is 20.1. The van der Waals surface area contributed by atoms with Crippen LogP contribution in [0.4, 0.5) is 0 Å². The van der Waals surface area contributed by atoms with Gasteiger partial charge >= 0.3 is 0 Å². The van der Waals surface area contributed by atoms with Crippen molar-refractivity contribution < 1.29 is 38.4 Å². The molecule has 1 aromatic heterocycles. The van der Waals surface area contributed by atoms with Crippen molar-refractivity contribution in [2.24, 2.45) is 0 Å². The van der Waals surface area contributed by atoms with Gasteiger partial charge in [-0.15, -0.1) is 0 Å². The lowest BCUT2D eigenvalue weighted by Gasteiger charge is -2.08. The van der Waals surface area contributed by atoms with Crippen LogP contribution < -0.4 is 28.5 Å². The molecule has 1 unspecified atom stereocenters. The molecule has 0 bridgehead atoms. The van der Waals surface area contributed by atoms with E-state index in [4.69, 9.17) is 4.74 Å². The largest absolute Gasteiger partial charge is 1.00 e. The standard InChI is InChI=1S/C24H46NO2S.HI/c1-2-3-4-5-6-7-8-9-10-11-12-13-14-15-16-17-19-27-22-24(26)21-25-18-20-28-23-25;/h18,20,23-24,26H,2-17,19,21-22H2,1H3;1H/q+1;/p-1. The quantitative estimate of drug-likeness (QED) is 0.147. The second-order valence-corrected chi connectivity index (χ2v) is 9.01. The van der Waals surface area contributed by atoms with E-state index in [1.54, 1.807) is 11.3 Å². The molecule has 0 aliphatic rings. The number of aromatic nitrogens is 1. The summed E-state index contributed by atoms with van der Waals surface area (Å²) in [5.74, 6) is 0. The van der Waals surface area contributed by atoms with Crippen molar-refractivity contribution in [3.8, 4) is 0 Å². The molecule has 1 rings (SSSR count). The first kappa shape index (κ1) is 29.3. The Morgan fingerprint density at radius 2 is 1.28 bits per heavy atom. The van der Waals surface area contributed by atoms with Crippen molar-refractivity contribution in [1.82, 2.24) is 0 Å². The van der Waals surface area contributed by atoms with Gasteiger partial charge in [-0.3, -0.25) is 0 Å². The summed E-state index contributed by atoms with van der Waals surface area (Å²) in [6.07, 6.45) is 23.8. The Labute approximate surface area is 201 Å². The molecule has 0 aliphatic heterocycles. The first-order valence-electron chi connectivity index (χ1n) is 12.0. The molecule has 0 radical (unpaired) electrons. The average molecular weight is 540 g/mol. The van der Waals surface area contributed by atoms with Crippen LogP contribution in [-0.2, 0) is 11.3 Å². The van der Waals surface area contributed by atoms with E-state index in [0.29, 0.717) is 13.2 Å². The minimum atomic E-state index is -0.402. The van der Waals surface area contributed by atoms with Gasteiger partial charge in [-0.25, -0.2) is 0 Å². The van der Waals surface area contributed by atoms with Crippen molar-refractivity contribution in [2.45, 2.75) is 122 Å². The van der Waals surface area contributed by atoms with Gasteiger partial charge in [0.1, 0.15) is 6.10 Å². The van der Waals surface area contributed by atoms with Gasteiger partial charge in [-0.05, 0) is 6.42 Å². The second-order valence-electron chi connectivity index (χ2n) is 8.26. The summed E-state index contributed by atoms with van der Waals surface area (Å²) in [5.41, 5.74) is 2.01. The number of unbranched alkanes of at least 4 members (excludes halogenated alkanes) is 15. The van der Waals surface area contributed by atoms with Gasteiger partial charge in [0.25, 0.3) is 0 Å². The minimum absolute atomic E-state index is 0. The molecule has 1 aromatic rings. The third kappa shape index (κ3) is 20.0. The molecule has 29 heavy (non-hydrogen) atoms. The van der Waals surface area contributed by atoms with Gasteiger partial charge in [-0.2, -0.15) is 4.57 Å². The zero-order valence-corrected chi connectivity index (χ0v) is 21.8. The highest BCUT2D eigenvalue weighted by Crippen LogP contribution is 2.13. The summed E-state index contributed by atoms with van der Waals surface area (Å²) in [6, 6.07) is 0. The monoisotopic (exact) mass is 539 g/mol. The average Bonchev–Trinajstić information content (AvgIpc) is 3.20. The van der Waals surface area contributed by atoms with Gasteiger partial charge in [0.2, 0.25) is 5.51 Å². The number of ether oxygens (including phenoxy) is 1. The predicted molar refractivity (Wildman–Crippen MR) is 121 cm³/mol. The topological polar surface area (TPSA) is 33.3 Å². The number of aliphatic hydroxyl groups is 1. The van der Waals surface area contributed by atoms with Crippen LogP contribution in [0.25, 0.3) is 0 Å². The molecule has 0 spiro atoms. The normalized spacial score (nSPS) is 12.1. The maximum Gasteiger partial charge on any atom is 0.224 e. The summed E-state index contributed by atoms with van der Waals surface area (Å²) in [7, 11) is 0. The fourth-order valence-corrected chi connectivity index (χ4v) is 4.24. The Hall–Kier alpha value is 0.280. The molecule has 0 saturated heterocycles. The number of hydrogen-bond donors (Lipinski definition) is 1. The highest BCUT2D eigenvalue weighted by atomic mass is 127. The van der Waals surface area contributed by atoms with Gasteiger partial charge < -0.3 is 33.8 Å². The Morgan fingerprint density at radius 1 is 0.793 bits per heavy atom. The van der Waals surface area contributed by atoms with Gasteiger partial charge in [0, 0.05) is 6.61 Å². The van der Waals surface area contributed by atoms with E-state index < -0.39 is 6.10 Å². The molecule has 3 nitrogen and oxygen atoms in total. The van der Waals surface area contributed by atoms with Crippen molar-refractivity contribution in [3.63, 3.8) is 0 Å². The lowest BCUT2D eigenvalue weighted by molar-refractivity contribution is -0.699. The van der Waals surface area contributed by atoms with Crippen molar-refractivity contribution >= 4 is 11.3 Å². The van der Waals surface area contributed by atoms with Gasteiger partial charge in [0.05, 0.1) is 12.0 Å². The molecule has 172 valence electrons. The minimum Gasteiger partial charge on any atom is -1.00 e. The van der Waals surface area contributed by atoms with E-state index >= 15 is 0 Å². The van der Waals surface area contributed by atoms with Crippen LogP contribution in [0.5, 0.6) is 0 Å². The summed E-state index contributed by atoms with van der Waals surface area (Å²) in [4.78, 5) is 0. The van der Waals surface area contributed by atoms with Crippen molar-refractivity contribution in [3.05, 3.63) is 17.1 Å². The molecular formula is C24H46INO2S. The first-order valence-corrected chi connectivity index (χ1v) is 12.9. The summed E-state index contributed by atoms with van der Waals surface area (Å²) in [6.45, 7) is 4.14. The zero-order valence-electron chi connectivity index (χ0n) is 18.8. The second kappa shape index (κ2) is 23.0. The number of halogens is 1. The Morgan fingerprint density at radius 3 is 1.72 bits per heavy atom. The number of hydrogen-bond acceptors (Lipinski definition) is 3. The highest BCUT2D eigenvalue weighted by molar-refractivity contribution is 7.07.